The minimum absolute atomic E-state index is 0.0754. The van der Waals surface area contributed by atoms with E-state index < -0.39 is 26.1 Å². The summed E-state index contributed by atoms with van der Waals surface area (Å²) in [6.07, 6.45) is 2.04. The summed E-state index contributed by atoms with van der Waals surface area (Å²) in [4.78, 5) is 15.5. The van der Waals surface area contributed by atoms with Crippen LogP contribution in [0.25, 0.3) is 10.9 Å². The van der Waals surface area contributed by atoms with Gasteiger partial charge in [-0.25, -0.2) is 14.4 Å². The van der Waals surface area contributed by atoms with Crippen LogP contribution in [0.1, 0.15) is 35.0 Å². The van der Waals surface area contributed by atoms with Crippen LogP contribution < -0.4 is 20.0 Å². The lowest BCUT2D eigenvalue weighted by Crippen LogP contribution is -2.67. The largest absolute Gasteiger partial charge is 0.475 e. The number of halogens is 2. The van der Waals surface area contributed by atoms with Crippen LogP contribution in [0.5, 0.6) is 5.88 Å². The van der Waals surface area contributed by atoms with Gasteiger partial charge in [0.15, 0.2) is 16.1 Å². The van der Waals surface area contributed by atoms with Crippen molar-refractivity contribution in [3.05, 3.63) is 71.6 Å². The van der Waals surface area contributed by atoms with E-state index >= 15 is 4.39 Å². The van der Waals surface area contributed by atoms with Crippen LogP contribution in [0.4, 0.5) is 10.2 Å². The monoisotopic (exact) mass is 595 g/mol. The van der Waals surface area contributed by atoms with Gasteiger partial charge in [0, 0.05) is 7.92 Å². The van der Waals surface area contributed by atoms with Crippen LogP contribution in [0.3, 0.4) is 0 Å². The Hall–Kier alpha value is -2.72. The van der Waals surface area contributed by atoms with E-state index in [-0.39, 0.29) is 28.2 Å². The third kappa shape index (κ3) is 4.47. The van der Waals surface area contributed by atoms with Crippen LogP contribution in [-0.4, -0.2) is 54.8 Å². The van der Waals surface area contributed by atoms with Gasteiger partial charge in [-0.15, -0.1) is 0 Å². The zero-order valence-electron chi connectivity index (χ0n) is 23.9. The fraction of sp³-hybridized carbons (Fsp3) is 0.367. The average molecular weight is 596 g/mol. The van der Waals surface area contributed by atoms with Crippen LogP contribution in [0.2, 0.25) is 10.2 Å². The Labute approximate surface area is 245 Å². The molecule has 208 valence electrons. The summed E-state index contributed by atoms with van der Waals surface area (Å²) in [6.45, 7) is 7.76. The van der Waals surface area contributed by atoms with Gasteiger partial charge >= 0.3 is 0 Å². The summed E-state index contributed by atoms with van der Waals surface area (Å²) >= 11 is 7.46. The number of ether oxygens (including phenoxy) is 1. The maximum Gasteiger partial charge on any atom is 0.261 e. The standard InChI is InChI=1S/C30H32ClFN4O2SSi/c1-29(2,3)40(20-11-7-5-8-12-20,21-13-9-6-10-14-21)38-18-17-36-26-22-24(33-28(35-26)39-4)23(32)25(31)34-27(22)37-19-30(36)15-16-30/h5-14H,15-19H2,1-4H3/i15D. The summed E-state index contributed by atoms with van der Waals surface area (Å²) in [7, 11) is -2.79. The van der Waals surface area contributed by atoms with Gasteiger partial charge in [-0.05, 0) is 34.5 Å². The molecular formula is C30H32ClFN4O2SSi. The summed E-state index contributed by atoms with van der Waals surface area (Å²) in [5.74, 6) is 0.00398. The smallest absolute Gasteiger partial charge is 0.261 e. The van der Waals surface area contributed by atoms with Crippen molar-refractivity contribution in [2.75, 3.05) is 30.9 Å². The topological polar surface area (TPSA) is 60.4 Å². The zero-order valence-corrected chi connectivity index (χ0v) is 25.5. The first-order chi connectivity index (χ1) is 19.6. The summed E-state index contributed by atoms with van der Waals surface area (Å²) in [6, 6.07) is 21.0. The van der Waals surface area contributed by atoms with Gasteiger partial charge in [0.25, 0.3) is 8.32 Å². The minimum atomic E-state index is -2.79. The molecule has 2 aromatic heterocycles. The Balaban J connectivity index is 1.45. The summed E-state index contributed by atoms with van der Waals surface area (Å²) in [5, 5.41) is 2.70. The van der Waals surface area contributed by atoms with Gasteiger partial charge in [0.1, 0.15) is 23.3 Å². The highest BCUT2D eigenvalue weighted by molar-refractivity contribution is 7.98. The Morgan fingerprint density at radius 2 is 1.73 bits per heavy atom. The van der Waals surface area contributed by atoms with E-state index in [0.717, 1.165) is 0 Å². The molecule has 0 saturated heterocycles. The van der Waals surface area contributed by atoms with E-state index in [0.29, 0.717) is 35.9 Å². The Morgan fingerprint density at radius 3 is 2.27 bits per heavy atom. The van der Waals surface area contributed by atoms with Crippen molar-refractivity contribution in [1.29, 1.82) is 0 Å². The van der Waals surface area contributed by atoms with Crippen molar-refractivity contribution in [3.63, 3.8) is 0 Å². The van der Waals surface area contributed by atoms with Crippen LogP contribution in [0.15, 0.2) is 65.8 Å². The quantitative estimate of drug-likeness (QED) is 0.115. The van der Waals surface area contributed by atoms with Crippen LogP contribution in [-0.2, 0) is 4.43 Å². The van der Waals surface area contributed by atoms with Gasteiger partial charge in [-0.1, -0.05) is 105 Å². The lowest BCUT2D eigenvalue weighted by molar-refractivity contribution is 0.255. The highest BCUT2D eigenvalue weighted by Gasteiger charge is 2.53. The van der Waals surface area contributed by atoms with Gasteiger partial charge in [-0.3, -0.25) is 0 Å². The fourth-order valence-corrected chi connectivity index (χ4v) is 10.9. The van der Waals surface area contributed by atoms with Gasteiger partial charge in [-0.2, -0.15) is 4.98 Å². The molecule has 1 spiro atoms. The van der Waals surface area contributed by atoms with Gasteiger partial charge in [0.2, 0.25) is 5.88 Å². The number of rotatable bonds is 7. The molecule has 2 aliphatic rings. The first-order valence-corrected chi connectivity index (χ1v) is 16.8. The van der Waals surface area contributed by atoms with Crippen molar-refractivity contribution < 1.29 is 14.9 Å². The molecule has 2 aromatic carbocycles. The number of aromatic nitrogens is 3. The van der Waals surface area contributed by atoms with Crippen LogP contribution >= 0.6 is 23.4 Å². The molecule has 10 heteroatoms. The number of thioether (sulfide) groups is 1. The second kappa shape index (κ2) is 10.3. The first-order valence-electron chi connectivity index (χ1n) is 13.9. The molecule has 3 heterocycles. The fourth-order valence-electron chi connectivity index (χ4n) is 5.79. The molecule has 6 nitrogen and oxygen atoms in total. The number of hydrogen-bond acceptors (Lipinski definition) is 7. The van der Waals surface area contributed by atoms with E-state index in [4.69, 9.17) is 27.1 Å². The lowest BCUT2D eigenvalue weighted by Gasteiger charge is -2.43. The van der Waals surface area contributed by atoms with Crippen molar-refractivity contribution >= 4 is 58.8 Å². The number of hydrogen-bond donors (Lipinski definition) is 0. The minimum Gasteiger partial charge on any atom is -0.475 e. The highest BCUT2D eigenvalue weighted by atomic mass is 35.5. The molecule has 40 heavy (non-hydrogen) atoms. The number of benzene rings is 2. The van der Waals surface area contributed by atoms with E-state index in [1.165, 1.54) is 22.1 Å². The molecule has 1 aliphatic heterocycles. The van der Waals surface area contributed by atoms with Gasteiger partial charge < -0.3 is 14.1 Å². The molecular weight excluding hydrogens is 563 g/mol. The Kier molecular flexibility index (Phi) is 6.73. The molecule has 6 rings (SSSR count). The second-order valence-corrected chi connectivity index (χ2v) is 16.7. The van der Waals surface area contributed by atoms with Crippen LogP contribution in [0, 0.1) is 5.82 Å². The summed E-state index contributed by atoms with van der Waals surface area (Å²) in [5.41, 5.74) is -0.554. The lowest BCUT2D eigenvalue weighted by atomic mass is 10.2. The number of anilines is 1. The van der Waals surface area contributed by atoms with E-state index in [9.17, 15) is 0 Å². The van der Waals surface area contributed by atoms with Crippen molar-refractivity contribution in [2.45, 2.75) is 49.3 Å². The maximum absolute atomic E-state index is 15.3. The molecule has 0 bridgehead atoms. The molecule has 1 aliphatic carbocycles. The van der Waals surface area contributed by atoms with Crippen molar-refractivity contribution in [3.8, 4) is 5.88 Å². The average Bonchev–Trinajstić information content (AvgIpc) is 3.65. The maximum atomic E-state index is 15.3. The third-order valence-electron chi connectivity index (χ3n) is 7.83. The van der Waals surface area contributed by atoms with E-state index in [1.807, 2.05) is 18.4 Å². The Bertz CT molecular complexity index is 1560. The number of nitrogens with zero attached hydrogens (tertiary/aromatic N) is 4. The van der Waals surface area contributed by atoms with E-state index in [2.05, 4.69) is 84.2 Å². The number of pyridine rings is 1. The van der Waals surface area contributed by atoms with Crippen molar-refractivity contribution in [2.24, 2.45) is 0 Å². The highest BCUT2D eigenvalue weighted by Crippen LogP contribution is 2.50. The molecule has 1 saturated carbocycles. The third-order valence-corrected chi connectivity index (χ3v) is 13.7. The molecule has 0 amide bonds. The van der Waals surface area contributed by atoms with E-state index in [1.54, 1.807) is 0 Å². The SMILES string of the molecule is [2H]C1CC12COc1nc(Cl)c(F)c3nc(SC)nc(c13)N2CCO[Si](c1ccccc1)(c1ccccc1)C(C)(C)C. The predicted octanol–water partition coefficient (Wildman–Crippen LogP) is 5.85. The molecule has 0 N–H and O–H groups in total. The normalized spacial score (nSPS) is 20.8. The molecule has 4 aromatic rings. The van der Waals surface area contributed by atoms with Gasteiger partial charge in [0.05, 0.1) is 12.1 Å². The molecule has 2 unspecified atom stereocenters. The second-order valence-electron chi connectivity index (χ2n) is 11.2. The zero-order chi connectivity index (χ0) is 29.0. The predicted molar refractivity (Wildman–Crippen MR) is 162 cm³/mol. The Morgan fingerprint density at radius 1 is 1.10 bits per heavy atom. The first kappa shape index (κ1) is 26.2. The molecule has 2 atom stereocenters. The van der Waals surface area contributed by atoms with Crippen molar-refractivity contribution in [1.82, 2.24) is 15.0 Å². The molecule has 0 radical (unpaired) electrons. The summed E-state index contributed by atoms with van der Waals surface area (Å²) < 4.78 is 37.3. The molecule has 1 fully saturated rings.